The number of nitrogens with one attached hydrogen (secondary N) is 1. The Bertz CT molecular complexity index is 1110. The summed E-state index contributed by atoms with van der Waals surface area (Å²) in [6.07, 6.45) is -2.28. The highest BCUT2D eigenvalue weighted by Crippen LogP contribution is 2.25. The average Bonchev–Trinajstić information content (AvgIpc) is 3.47. The summed E-state index contributed by atoms with van der Waals surface area (Å²) in [5.74, 6) is -1.64. The Morgan fingerprint density at radius 2 is 1.77 bits per heavy atom. The molecule has 4 rings (SSSR count). The Morgan fingerprint density at radius 3 is 2.33 bits per heavy atom. The first-order valence-corrected chi connectivity index (χ1v) is 12.7. The number of benzene rings is 2. The van der Waals surface area contributed by atoms with Crippen LogP contribution in [0.4, 0.5) is 18.9 Å². The monoisotopic (exact) mass is 548 g/mol. The molecule has 0 atom stereocenters. The Balaban J connectivity index is 0.000000255. The van der Waals surface area contributed by atoms with E-state index in [4.69, 9.17) is 9.15 Å². The van der Waals surface area contributed by atoms with Crippen LogP contribution in [0.5, 0.6) is 0 Å². The molecule has 2 heterocycles. The number of hydrogen-bond acceptors (Lipinski definition) is 8. The molecule has 9 nitrogen and oxygen atoms in total. The number of anilines is 1. The molecule has 39 heavy (non-hydrogen) atoms. The molecule has 0 radical (unpaired) electrons. The molecule has 1 aliphatic rings. The lowest BCUT2D eigenvalue weighted by molar-refractivity contribution is -0.107. The molecule has 3 aromatic rings. The van der Waals surface area contributed by atoms with Crippen molar-refractivity contribution < 1.29 is 27.1 Å². The van der Waals surface area contributed by atoms with Crippen molar-refractivity contribution in [2.45, 2.75) is 13.0 Å². The molecule has 0 bridgehead atoms. The summed E-state index contributed by atoms with van der Waals surface area (Å²) in [4.78, 5) is 17.6. The van der Waals surface area contributed by atoms with Crippen molar-refractivity contribution in [3.05, 3.63) is 65.8 Å². The van der Waals surface area contributed by atoms with Crippen molar-refractivity contribution in [1.82, 2.24) is 25.3 Å². The van der Waals surface area contributed by atoms with Gasteiger partial charge >= 0.3 is 6.43 Å². The van der Waals surface area contributed by atoms with Crippen molar-refractivity contribution in [2.24, 2.45) is 0 Å². The second-order valence-corrected chi connectivity index (χ2v) is 8.90. The molecule has 0 saturated carbocycles. The van der Waals surface area contributed by atoms with E-state index in [0.717, 1.165) is 25.8 Å². The summed E-state index contributed by atoms with van der Waals surface area (Å²) in [5.41, 5.74) is 1.06. The molecule has 0 aliphatic carbocycles. The fourth-order valence-corrected chi connectivity index (χ4v) is 3.97. The van der Waals surface area contributed by atoms with Gasteiger partial charge in [0.15, 0.2) is 0 Å². The van der Waals surface area contributed by atoms with Crippen LogP contribution < -0.4 is 10.2 Å². The van der Waals surface area contributed by atoms with Crippen LogP contribution in [-0.4, -0.2) is 93.0 Å². The number of alkyl halides is 2. The third kappa shape index (κ3) is 9.43. The van der Waals surface area contributed by atoms with Gasteiger partial charge in [-0.25, -0.2) is 4.39 Å². The van der Waals surface area contributed by atoms with Crippen molar-refractivity contribution in [1.29, 1.82) is 0 Å². The maximum atomic E-state index is 14.3. The molecule has 2 aromatic carbocycles. The number of amides is 1. The molecule has 1 saturated heterocycles. The number of para-hydroxylation sites is 1. The molecule has 1 N–H and O–H groups in total. The van der Waals surface area contributed by atoms with Crippen LogP contribution in [-0.2, 0) is 16.1 Å². The van der Waals surface area contributed by atoms with Gasteiger partial charge in [0.05, 0.1) is 13.2 Å². The van der Waals surface area contributed by atoms with E-state index >= 15 is 0 Å². The zero-order chi connectivity index (χ0) is 28.0. The van der Waals surface area contributed by atoms with Crippen LogP contribution in [0.25, 0.3) is 11.5 Å². The van der Waals surface area contributed by atoms with Gasteiger partial charge < -0.3 is 19.4 Å². The largest absolute Gasteiger partial charge is 0.415 e. The van der Waals surface area contributed by atoms with E-state index in [0.29, 0.717) is 12.1 Å². The third-order valence-corrected chi connectivity index (χ3v) is 6.24. The predicted octanol–water partition coefficient (Wildman–Crippen LogP) is 3.45. The van der Waals surface area contributed by atoms with Crippen molar-refractivity contribution in [2.75, 3.05) is 71.5 Å². The van der Waals surface area contributed by atoms with E-state index in [1.807, 2.05) is 7.05 Å². The Morgan fingerprint density at radius 1 is 1.08 bits per heavy atom. The first-order chi connectivity index (χ1) is 18.9. The van der Waals surface area contributed by atoms with Gasteiger partial charge in [0, 0.05) is 69.7 Å². The highest BCUT2D eigenvalue weighted by atomic mass is 19.3. The molecule has 212 valence electrons. The van der Waals surface area contributed by atoms with Crippen LogP contribution >= 0.6 is 0 Å². The van der Waals surface area contributed by atoms with Gasteiger partial charge in [0.1, 0.15) is 5.82 Å². The number of piperazine rings is 1. The number of ether oxygens (including phenoxy) is 1. The van der Waals surface area contributed by atoms with Gasteiger partial charge in [0.25, 0.3) is 5.89 Å². The van der Waals surface area contributed by atoms with Crippen LogP contribution in [0.1, 0.15) is 17.9 Å². The minimum absolute atomic E-state index is 0.0196. The Labute approximate surface area is 226 Å². The fourth-order valence-electron chi connectivity index (χ4n) is 3.97. The maximum absolute atomic E-state index is 14.3. The average molecular weight is 549 g/mol. The van der Waals surface area contributed by atoms with E-state index in [-0.39, 0.29) is 23.6 Å². The number of carbonyl (C=O) groups is 1. The lowest BCUT2D eigenvalue weighted by Crippen LogP contribution is -2.48. The molecule has 1 amide bonds. The lowest BCUT2D eigenvalue weighted by atomic mass is 10.1. The molecular formula is C27H35F3N6O3. The molecular weight excluding hydrogens is 513 g/mol. The fraction of sp³-hybridized carbons (Fsp3) is 0.444. The van der Waals surface area contributed by atoms with E-state index in [2.05, 4.69) is 25.3 Å². The molecule has 12 heteroatoms. The van der Waals surface area contributed by atoms with Gasteiger partial charge in [-0.3, -0.25) is 14.6 Å². The van der Waals surface area contributed by atoms with E-state index in [9.17, 15) is 18.0 Å². The quantitative estimate of drug-likeness (QED) is 0.345. The Hall–Kier alpha value is -3.32. The number of likely N-dealkylation sites (N-methyl/N-ethyl adjacent to an activating group) is 1. The molecule has 0 unspecified atom stereocenters. The number of aromatic nitrogens is 2. The number of halogens is 3. The maximum Gasteiger partial charge on any atom is 0.314 e. The van der Waals surface area contributed by atoms with Crippen molar-refractivity contribution >= 4 is 12.1 Å². The van der Waals surface area contributed by atoms with Gasteiger partial charge in [-0.1, -0.05) is 24.3 Å². The van der Waals surface area contributed by atoms with Crippen LogP contribution in [0.3, 0.4) is 0 Å². The minimum atomic E-state index is -2.89. The predicted molar refractivity (Wildman–Crippen MR) is 142 cm³/mol. The highest BCUT2D eigenvalue weighted by molar-refractivity contribution is 5.75. The van der Waals surface area contributed by atoms with Gasteiger partial charge in [-0.05, 0) is 31.3 Å². The first-order valence-electron chi connectivity index (χ1n) is 12.7. The van der Waals surface area contributed by atoms with E-state index < -0.39 is 18.1 Å². The summed E-state index contributed by atoms with van der Waals surface area (Å²) in [5, 5.41) is 9.86. The molecule has 1 aromatic heterocycles. The minimum Gasteiger partial charge on any atom is -0.415 e. The summed E-state index contributed by atoms with van der Waals surface area (Å²) < 4.78 is 49.1. The van der Waals surface area contributed by atoms with E-state index in [1.165, 1.54) is 49.8 Å². The smallest absolute Gasteiger partial charge is 0.314 e. The summed E-state index contributed by atoms with van der Waals surface area (Å²) in [6.45, 7) is 9.00. The van der Waals surface area contributed by atoms with Crippen molar-refractivity contribution in [3.8, 4) is 11.5 Å². The Kier molecular flexibility index (Phi) is 12.4. The molecule has 0 spiro atoms. The van der Waals surface area contributed by atoms with E-state index in [1.54, 1.807) is 37.4 Å². The second kappa shape index (κ2) is 15.9. The van der Waals surface area contributed by atoms with Gasteiger partial charge in [-0.15, -0.1) is 10.2 Å². The number of nitrogens with zero attached hydrogens (tertiary/aromatic N) is 5. The summed E-state index contributed by atoms with van der Waals surface area (Å²) in [6, 6.07) is 12.8. The first kappa shape index (κ1) is 30.2. The van der Waals surface area contributed by atoms with Crippen molar-refractivity contribution in [3.63, 3.8) is 0 Å². The SMILES string of the molecule is CNCCN1CCN(CCOC)CC1.O=CN(Cc1ccc(-c2nnc(C(F)F)o2)cc1F)c1ccccc1. The number of hydrogen-bond donors (Lipinski definition) is 1. The van der Waals surface area contributed by atoms with Gasteiger partial charge in [0.2, 0.25) is 12.3 Å². The standard InChI is InChI=1S/C17H12F3N3O2.C10H23N3O/c18-14-8-11(16-21-22-17(25-16)15(19)20)6-7-12(14)9-23(10-24)13-4-2-1-3-5-13;1-11-3-4-12-5-7-13(8-6-12)9-10-14-2/h1-8,10,15H,9H2;11H,3-10H2,1-2H3. The van der Waals surface area contributed by atoms with Gasteiger partial charge in [-0.2, -0.15) is 8.78 Å². The van der Waals surface area contributed by atoms with Crippen LogP contribution in [0, 0.1) is 5.82 Å². The normalized spacial score (nSPS) is 14.2. The molecule has 1 fully saturated rings. The van der Waals surface area contributed by atoms with Crippen LogP contribution in [0.2, 0.25) is 0 Å². The summed E-state index contributed by atoms with van der Waals surface area (Å²) in [7, 11) is 3.78. The van der Waals surface area contributed by atoms with Crippen LogP contribution in [0.15, 0.2) is 52.9 Å². The topological polar surface area (TPSA) is 87.0 Å². The molecule has 1 aliphatic heterocycles. The number of rotatable bonds is 12. The second-order valence-electron chi connectivity index (χ2n) is 8.90. The summed E-state index contributed by atoms with van der Waals surface area (Å²) >= 11 is 0. The zero-order valence-corrected chi connectivity index (χ0v) is 22.2. The lowest BCUT2D eigenvalue weighted by Gasteiger charge is -2.34. The number of carbonyl (C=O) groups excluding carboxylic acids is 1. The zero-order valence-electron chi connectivity index (χ0n) is 22.2. The highest BCUT2D eigenvalue weighted by Gasteiger charge is 2.18. The third-order valence-electron chi connectivity index (χ3n) is 6.24. The number of methoxy groups -OCH3 is 1.